The van der Waals surface area contributed by atoms with Crippen molar-refractivity contribution in [1.82, 2.24) is 15.0 Å². The van der Waals surface area contributed by atoms with Crippen LogP contribution in [0.3, 0.4) is 0 Å². The molecule has 0 aromatic carbocycles. The van der Waals surface area contributed by atoms with Gasteiger partial charge in [-0.3, -0.25) is 9.69 Å². The fourth-order valence-corrected chi connectivity index (χ4v) is 3.73. The zero-order chi connectivity index (χ0) is 17.1. The summed E-state index contributed by atoms with van der Waals surface area (Å²) in [6.07, 6.45) is 2.07. The van der Waals surface area contributed by atoms with Crippen LogP contribution in [-0.4, -0.2) is 66.3 Å². The number of amides is 1. The molecule has 0 aliphatic carbocycles. The first-order chi connectivity index (χ1) is 11.6. The molecule has 3 heterocycles. The molecule has 0 spiro atoms. The topological polar surface area (TPSA) is 58.8 Å². The van der Waals surface area contributed by atoms with Crippen LogP contribution in [-0.2, 0) is 4.74 Å². The van der Waals surface area contributed by atoms with E-state index in [-0.39, 0.29) is 5.91 Å². The predicted octanol–water partition coefficient (Wildman–Crippen LogP) is 2.37. The zero-order valence-electron chi connectivity index (χ0n) is 15.0. The molecule has 1 aromatic heterocycles. The lowest BCUT2D eigenvalue weighted by Crippen LogP contribution is -2.47. The third-order valence-corrected chi connectivity index (χ3v) is 5.59. The van der Waals surface area contributed by atoms with Crippen molar-refractivity contribution in [2.75, 3.05) is 39.4 Å². The molecule has 6 nitrogen and oxygen atoms in total. The maximum Gasteiger partial charge on any atom is 0.292 e. The standard InChI is InChI=1S/C18H29N3O3/c1-4-13(3)15-10-17(24-19-15)18(22)21-11-14(5-2)16(12-21)20-6-8-23-9-7-20/h10,13-14,16H,4-9,11-12H2,1-3H3. The number of nitrogens with zero attached hydrogens (tertiary/aromatic N) is 3. The van der Waals surface area contributed by atoms with Crippen LogP contribution in [0.25, 0.3) is 0 Å². The minimum absolute atomic E-state index is 0.0220. The summed E-state index contributed by atoms with van der Waals surface area (Å²) >= 11 is 0. The number of hydrogen-bond donors (Lipinski definition) is 0. The van der Waals surface area contributed by atoms with Gasteiger partial charge in [-0.05, 0) is 12.3 Å². The summed E-state index contributed by atoms with van der Waals surface area (Å²) in [5.41, 5.74) is 0.872. The summed E-state index contributed by atoms with van der Waals surface area (Å²) < 4.78 is 10.8. The van der Waals surface area contributed by atoms with Crippen LogP contribution in [0.2, 0.25) is 0 Å². The van der Waals surface area contributed by atoms with Crippen molar-refractivity contribution in [1.29, 1.82) is 0 Å². The van der Waals surface area contributed by atoms with Crippen LogP contribution in [0, 0.1) is 5.92 Å². The van der Waals surface area contributed by atoms with Crippen molar-refractivity contribution in [2.45, 2.75) is 45.6 Å². The second-order valence-electron chi connectivity index (χ2n) is 7.02. The lowest BCUT2D eigenvalue weighted by Gasteiger charge is -2.34. The number of morpholine rings is 1. The van der Waals surface area contributed by atoms with Gasteiger partial charge in [-0.15, -0.1) is 0 Å². The molecule has 134 valence electrons. The Morgan fingerprint density at radius 3 is 2.75 bits per heavy atom. The molecule has 2 aliphatic rings. The first-order valence-electron chi connectivity index (χ1n) is 9.21. The van der Waals surface area contributed by atoms with Crippen molar-refractivity contribution >= 4 is 5.91 Å². The number of likely N-dealkylation sites (tertiary alicyclic amines) is 1. The van der Waals surface area contributed by atoms with Crippen molar-refractivity contribution in [3.8, 4) is 0 Å². The van der Waals surface area contributed by atoms with Gasteiger partial charge in [-0.25, -0.2) is 0 Å². The van der Waals surface area contributed by atoms with E-state index >= 15 is 0 Å². The van der Waals surface area contributed by atoms with Gasteiger partial charge in [0.05, 0.1) is 18.9 Å². The summed E-state index contributed by atoms with van der Waals surface area (Å²) in [6, 6.07) is 2.25. The van der Waals surface area contributed by atoms with Gasteiger partial charge in [-0.2, -0.15) is 0 Å². The Kier molecular flexibility index (Phi) is 5.56. The van der Waals surface area contributed by atoms with Crippen LogP contribution in [0.5, 0.6) is 0 Å². The third-order valence-electron chi connectivity index (χ3n) is 5.59. The molecule has 2 fully saturated rings. The van der Waals surface area contributed by atoms with E-state index in [0.717, 1.165) is 57.9 Å². The SMILES string of the molecule is CCC(C)c1cc(C(=O)N2CC(CC)C(N3CCOCC3)C2)on1. The minimum Gasteiger partial charge on any atom is -0.379 e. The molecule has 1 amide bonds. The number of hydrogen-bond acceptors (Lipinski definition) is 5. The average molecular weight is 335 g/mol. The lowest BCUT2D eigenvalue weighted by molar-refractivity contribution is 0.0102. The van der Waals surface area contributed by atoms with E-state index in [0.29, 0.717) is 23.6 Å². The molecular formula is C18H29N3O3. The molecule has 6 heteroatoms. The Morgan fingerprint density at radius 2 is 2.08 bits per heavy atom. The van der Waals surface area contributed by atoms with Crippen LogP contribution in [0.4, 0.5) is 0 Å². The minimum atomic E-state index is -0.0220. The fourth-order valence-electron chi connectivity index (χ4n) is 3.73. The number of carbonyl (C=O) groups excluding carboxylic acids is 1. The summed E-state index contributed by atoms with van der Waals surface area (Å²) in [7, 11) is 0. The normalized spacial score (nSPS) is 26.7. The zero-order valence-corrected chi connectivity index (χ0v) is 15.0. The molecule has 1 aromatic rings. The molecule has 0 radical (unpaired) electrons. The van der Waals surface area contributed by atoms with Gasteiger partial charge in [0.2, 0.25) is 5.76 Å². The fraction of sp³-hybridized carbons (Fsp3) is 0.778. The Morgan fingerprint density at radius 1 is 1.33 bits per heavy atom. The van der Waals surface area contributed by atoms with E-state index in [4.69, 9.17) is 9.26 Å². The lowest BCUT2D eigenvalue weighted by atomic mass is 9.99. The number of ether oxygens (including phenoxy) is 1. The number of aromatic nitrogens is 1. The second-order valence-corrected chi connectivity index (χ2v) is 7.02. The molecule has 2 aliphatic heterocycles. The largest absolute Gasteiger partial charge is 0.379 e. The van der Waals surface area contributed by atoms with Gasteiger partial charge in [0, 0.05) is 44.2 Å². The molecule has 0 saturated carbocycles. The summed E-state index contributed by atoms with van der Waals surface area (Å²) in [5, 5.41) is 4.08. The van der Waals surface area contributed by atoms with Gasteiger partial charge in [0.15, 0.2) is 0 Å². The van der Waals surface area contributed by atoms with Crippen LogP contribution in [0.1, 0.15) is 55.8 Å². The van der Waals surface area contributed by atoms with Crippen LogP contribution < -0.4 is 0 Å². The highest BCUT2D eigenvalue weighted by Gasteiger charge is 2.39. The van der Waals surface area contributed by atoms with Gasteiger partial charge in [-0.1, -0.05) is 32.3 Å². The Labute approximate surface area is 144 Å². The van der Waals surface area contributed by atoms with Crippen molar-refractivity contribution in [2.24, 2.45) is 5.92 Å². The van der Waals surface area contributed by atoms with E-state index < -0.39 is 0 Å². The summed E-state index contributed by atoms with van der Waals surface area (Å²) in [6.45, 7) is 11.5. The first-order valence-corrected chi connectivity index (χ1v) is 9.21. The average Bonchev–Trinajstić information content (AvgIpc) is 3.28. The van der Waals surface area contributed by atoms with Gasteiger partial charge < -0.3 is 14.2 Å². The van der Waals surface area contributed by atoms with E-state index in [1.807, 2.05) is 11.0 Å². The van der Waals surface area contributed by atoms with Gasteiger partial charge in [0.25, 0.3) is 5.91 Å². The molecule has 3 unspecified atom stereocenters. The smallest absolute Gasteiger partial charge is 0.292 e. The highest BCUT2D eigenvalue weighted by atomic mass is 16.5. The molecular weight excluding hydrogens is 306 g/mol. The maximum absolute atomic E-state index is 12.8. The van der Waals surface area contributed by atoms with E-state index in [1.165, 1.54) is 0 Å². The van der Waals surface area contributed by atoms with Crippen molar-refractivity contribution in [3.63, 3.8) is 0 Å². The monoisotopic (exact) mass is 335 g/mol. The predicted molar refractivity (Wildman–Crippen MR) is 91.1 cm³/mol. The Bertz CT molecular complexity index is 553. The molecule has 0 bridgehead atoms. The first kappa shape index (κ1) is 17.4. The number of rotatable bonds is 5. The number of carbonyl (C=O) groups is 1. The van der Waals surface area contributed by atoms with E-state index in [2.05, 4.69) is 30.8 Å². The molecule has 24 heavy (non-hydrogen) atoms. The molecule has 3 atom stereocenters. The summed E-state index contributed by atoms with van der Waals surface area (Å²) in [4.78, 5) is 17.2. The maximum atomic E-state index is 12.8. The molecule has 0 N–H and O–H groups in total. The van der Waals surface area contributed by atoms with Gasteiger partial charge in [0.1, 0.15) is 0 Å². The van der Waals surface area contributed by atoms with E-state index in [9.17, 15) is 4.79 Å². The van der Waals surface area contributed by atoms with Crippen molar-refractivity contribution < 1.29 is 14.1 Å². The molecule has 3 rings (SSSR count). The van der Waals surface area contributed by atoms with Crippen LogP contribution >= 0.6 is 0 Å². The summed E-state index contributed by atoms with van der Waals surface area (Å²) in [5.74, 6) is 1.19. The second kappa shape index (κ2) is 7.66. The third kappa shape index (κ3) is 3.49. The highest BCUT2D eigenvalue weighted by Crippen LogP contribution is 2.27. The quantitative estimate of drug-likeness (QED) is 0.827. The van der Waals surface area contributed by atoms with E-state index in [1.54, 1.807) is 0 Å². The molecule has 2 saturated heterocycles. The van der Waals surface area contributed by atoms with Crippen molar-refractivity contribution in [3.05, 3.63) is 17.5 Å². The van der Waals surface area contributed by atoms with Crippen LogP contribution in [0.15, 0.2) is 10.6 Å². The van der Waals surface area contributed by atoms with Gasteiger partial charge >= 0.3 is 0 Å². The Hall–Kier alpha value is -1.40. The highest BCUT2D eigenvalue weighted by molar-refractivity contribution is 5.91. The Balaban J connectivity index is 1.68.